The molecule has 1 aliphatic heterocycles. The molecule has 3 rings (SSSR count). The van der Waals surface area contributed by atoms with E-state index < -0.39 is 12.0 Å². The second kappa shape index (κ2) is 7.38. The van der Waals surface area contributed by atoms with Gasteiger partial charge >= 0.3 is 6.36 Å². The lowest BCUT2D eigenvalue weighted by Gasteiger charge is -2.38. The number of allylic oxidation sites excluding steroid dienone is 2. The first-order chi connectivity index (χ1) is 12.7. The highest BCUT2D eigenvalue weighted by molar-refractivity contribution is 5.93. The maximum absolute atomic E-state index is 12.3. The van der Waals surface area contributed by atoms with Gasteiger partial charge in [0.25, 0.3) is 0 Å². The highest BCUT2D eigenvalue weighted by atomic mass is 19.4. The van der Waals surface area contributed by atoms with Crippen molar-refractivity contribution in [3.63, 3.8) is 0 Å². The van der Waals surface area contributed by atoms with E-state index in [-0.39, 0.29) is 30.2 Å². The fraction of sp³-hybridized carbons (Fsp3) is 0.450. The Morgan fingerprint density at radius 2 is 2.07 bits per heavy atom. The third-order valence-corrected chi connectivity index (χ3v) is 5.12. The van der Waals surface area contributed by atoms with Crippen molar-refractivity contribution in [1.82, 2.24) is 0 Å². The van der Waals surface area contributed by atoms with Crippen molar-refractivity contribution in [2.45, 2.75) is 38.1 Å². The number of halogens is 3. The number of rotatable bonds is 6. The second-order valence-corrected chi connectivity index (χ2v) is 6.93. The Balaban J connectivity index is 1.76. The summed E-state index contributed by atoms with van der Waals surface area (Å²) in [5, 5.41) is 0. The summed E-state index contributed by atoms with van der Waals surface area (Å²) < 4.78 is 52.2. The molecule has 27 heavy (non-hydrogen) atoms. The van der Waals surface area contributed by atoms with Crippen LogP contribution in [0.5, 0.6) is 5.75 Å². The lowest BCUT2D eigenvalue weighted by molar-refractivity contribution is -0.274. The van der Waals surface area contributed by atoms with E-state index in [1.165, 1.54) is 18.2 Å². The van der Waals surface area contributed by atoms with Gasteiger partial charge in [-0.3, -0.25) is 4.79 Å². The quantitative estimate of drug-likeness (QED) is 0.677. The van der Waals surface area contributed by atoms with Gasteiger partial charge in [0.05, 0.1) is 0 Å². The highest BCUT2D eigenvalue weighted by Gasteiger charge is 2.51. The van der Waals surface area contributed by atoms with E-state index in [1.54, 1.807) is 18.2 Å². The fourth-order valence-electron chi connectivity index (χ4n) is 3.76. The van der Waals surface area contributed by atoms with Crippen LogP contribution in [-0.4, -0.2) is 24.5 Å². The topological polar surface area (TPSA) is 44.8 Å². The molecule has 1 aromatic carbocycles. The van der Waals surface area contributed by atoms with Gasteiger partial charge in [-0.25, -0.2) is 0 Å². The van der Waals surface area contributed by atoms with Crippen molar-refractivity contribution in [3.05, 3.63) is 54.3 Å². The van der Waals surface area contributed by atoms with Gasteiger partial charge in [0.15, 0.2) is 12.6 Å². The fourth-order valence-corrected chi connectivity index (χ4v) is 3.76. The number of ketones is 1. The summed E-state index contributed by atoms with van der Waals surface area (Å²) in [5.41, 5.74) is 0.140. The number of ether oxygens (including phenoxy) is 3. The van der Waals surface area contributed by atoms with E-state index in [9.17, 15) is 18.0 Å². The SMILES string of the molecule is C=CC[C@H]1C[C@]2(C(C)Cc3ccc(OC(F)(F)F)cc3)OCOC2=CC1=O. The summed E-state index contributed by atoms with van der Waals surface area (Å²) in [7, 11) is 0. The first-order valence-corrected chi connectivity index (χ1v) is 8.72. The van der Waals surface area contributed by atoms with Gasteiger partial charge in [-0.2, -0.15) is 0 Å². The largest absolute Gasteiger partial charge is 0.573 e. The Bertz CT molecular complexity index is 739. The van der Waals surface area contributed by atoms with Crippen molar-refractivity contribution in [2.75, 3.05) is 6.79 Å². The zero-order valence-corrected chi connectivity index (χ0v) is 14.9. The van der Waals surface area contributed by atoms with Crippen molar-refractivity contribution >= 4 is 5.78 Å². The van der Waals surface area contributed by atoms with E-state index in [0.29, 0.717) is 25.0 Å². The summed E-state index contributed by atoms with van der Waals surface area (Å²) in [6.07, 6.45) is 0.139. The van der Waals surface area contributed by atoms with Crippen LogP contribution >= 0.6 is 0 Å². The molecule has 2 aliphatic rings. The predicted molar refractivity (Wildman–Crippen MR) is 91.8 cm³/mol. The molecule has 1 saturated heterocycles. The van der Waals surface area contributed by atoms with Gasteiger partial charge in [0.2, 0.25) is 0 Å². The minimum absolute atomic E-state index is 0.00637. The van der Waals surface area contributed by atoms with Crippen LogP contribution in [0.1, 0.15) is 25.3 Å². The van der Waals surface area contributed by atoms with E-state index in [2.05, 4.69) is 11.3 Å². The van der Waals surface area contributed by atoms with Crippen LogP contribution in [0.25, 0.3) is 0 Å². The van der Waals surface area contributed by atoms with Crippen LogP contribution in [0.2, 0.25) is 0 Å². The number of benzene rings is 1. The minimum Gasteiger partial charge on any atom is -0.469 e. The van der Waals surface area contributed by atoms with E-state index >= 15 is 0 Å². The van der Waals surface area contributed by atoms with Crippen molar-refractivity contribution in [1.29, 1.82) is 0 Å². The summed E-state index contributed by atoms with van der Waals surface area (Å²) >= 11 is 0. The zero-order chi connectivity index (χ0) is 19.7. The number of hydrogen-bond acceptors (Lipinski definition) is 4. The molecule has 0 radical (unpaired) electrons. The molecule has 1 heterocycles. The van der Waals surface area contributed by atoms with Crippen molar-refractivity contribution in [2.24, 2.45) is 11.8 Å². The molecule has 1 fully saturated rings. The number of carbonyl (C=O) groups excluding carboxylic acids is 1. The smallest absolute Gasteiger partial charge is 0.469 e. The highest BCUT2D eigenvalue weighted by Crippen LogP contribution is 2.46. The molecule has 0 saturated carbocycles. The molecule has 0 aromatic heterocycles. The molecule has 7 heteroatoms. The number of hydrogen-bond donors (Lipinski definition) is 0. The monoisotopic (exact) mass is 382 g/mol. The third kappa shape index (κ3) is 4.18. The Morgan fingerprint density at radius 3 is 2.70 bits per heavy atom. The van der Waals surface area contributed by atoms with E-state index in [4.69, 9.17) is 9.47 Å². The lowest BCUT2D eigenvalue weighted by atomic mass is 9.71. The zero-order valence-electron chi connectivity index (χ0n) is 14.9. The Labute approximate surface area is 155 Å². The molecule has 0 amide bonds. The van der Waals surface area contributed by atoms with Crippen molar-refractivity contribution < 1.29 is 32.2 Å². The summed E-state index contributed by atoms with van der Waals surface area (Å²) in [6.45, 7) is 5.78. The summed E-state index contributed by atoms with van der Waals surface area (Å²) in [4.78, 5) is 12.2. The summed E-state index contributed by atoms with van der Waals surface area (Å²) in [6, 6.07) is 5.78. The Kier molecular flexibility index (Phi) is 5.33. The molecular formula is C20H21F3O4. The predicted octanol–water partition coefficient (Wildman–Crippen LogP) is 4.56. The molecule has 0 spiro atoms. The average Bonchev–Trinajstić information content (AvgIpc) is 3.00. The van der Waals surface area contributed by atoms with Crippen LogP contribution in [0, 0.1) is 11.8 Å². The lowest BCUT2D eigenvalue weighted by Crippen LogP contribution is -2.44. The van der Waals surface area contributed by atoms with Crippen LogP contribution in [-0.2, 0) is 20.7 Å². The normalized spacial score (nSPS) is 26.0. The maximum Gasteiger partial charge on any atom is 0.573 e. The van der Waals surface area contributed by atoms with Gasteiger partial charge in [-0.15, -0.1) is 19.8 Å². The van der Waals surface area contributed by atoms with Crippen LogP contribution < -0.4 is 4.74 Å². The molecule has 1 unspecified atom stereocenters. The van der Waals surface area contributed by atoms with E-state index in [0.717, 1.165) is 5.56 Å². The van der Waals surface area contributed by atoms with Gasteiger partial charge in [-0.1, -0.05) is 25.1 Å². The Hall–Kier alpha value is -2.28. The standard InChI is InChI=1S/C20H21F3O4/c1-3-4-15-11-19(18(10-17(15)24)25-12-26-19)13(2)9-14-5-7-16(8-6-14)27-20(21,22)23/h3,5-8,10,13,15H,1,4,9,11-12H2,2H3/t13?,15-,19+/m0/s1. The van der Waals surface area contributed by atoms with Gasteiger partial charge < -0.3 is 14.2 Å². The molecule has 146 valence electrons. The molecule has 0 N–H and O–H groups in total. The number of carbonyl (C=O) groups is 1. The third-order valence-electron chi connectivity index (χ3n) is 5.12. The minimum atomic E-state index is -4.71. The molecular weight excluding hydrogens is 361 g/mol. The number of alkyl halides is 3. The molecule has 0 bridgehead atoms. The molecule has 1 aliphatic carbocycles. The van der Waals surface area contributed by atoms with Crippen LogP contribution in [0.3, 0.4) is 0 Å². The number of fused-ring (bicyclic) bond motifs is 1. The van der Waals surface area contributed by atoms with Crippen LogP contribution in [0.4, 0.5) is 13.2 Å². The van der Waals surface area contributed by atoms with Crippen molar-refractivity contribution in [3.8, 4) is 5.75 Å². The van der Waals surface area contributed by atoms with Gasteiger partial charge in [-0.05, 0) is 42.9 Å². The van der Waals surface area contributed by atoms with Gasteiger partial charge in [0, 0.05) is 12.0 Å². The Morgan fingerprint density at radius 1 is 1.37 bits per heavy atom. The molecule has 4 nitrogen and oxygen atoms in total. The molecule has 3 atom stereocenters. The van der Waals surface area contributed by atoms with Crippen LogP contribution in [0.15, 0.2) is 48.8 Å². The first-order valence-electron chi connectivity index (χ1n) is 8.72. The maximum atomic E-state index is 12.3. The second-order valence-electron chi connectivity index (χ2n) is 6.93. The molecule has 1 aromatic rings. The van der Waals surface area contributed by atoms with Gasteiger partial charge in [0.1, 0.15) is 17.1 Å². The van der Waals surface area contributed by atoms with E-state index in [1.807, 2.05) is 6.92 Å². The first kappa shape index (κ1) is 19.5. The summed E-state index contributed by atoms with van der Waals surface area (Å²) in [5.74, 6) is 0.0376. The average molecular weight is 382 g/mol.